The van der Waals surface area contributed by atoms with Crippen molar-refractivity contribution in [1.82, 2.24) is 5.32 Å². The van der Waals surface area contributed by atoms with Gasteiger partial charge in [-0.3, -0.25) is 4.79 Å². The number of nitrogens with two attached hydrogens (primary N) is 1. The average molecular weight is 250 g/mol. The molecule has 0 spiro atoms. The highest BCUT2D eigenvalue weighted by Gasteiger charge is 2.46. The molecule has 1 aromatic rings. The van der Waals surface area contributed by atoms with Crippen LogP contribution in [-0.4, -0.2) is 11.9 Å². The molecule has 0 aliphatic heterocycles. The van der Waals surface area contributed by atoms with E-state index in [2.05, 4.69) is 5.32 Å². The Labute approximate surface area is 107 Å². The minimum Gasteiger partial charge on any atom is -0.346 e. The first kappa shape index (κ1) is 13.0. The first-order chi connectivity index (χ1) is 8.44. The standard InChI is InChI=1S/C14H19FN2O/c1-9(10(2)16)13(18)17-14(6-7-14)11-4-3-5-12(15)8-11/h3-5,8-10H,6-7,16H2,1-2H3,(H,17,18). The summed E-state index contributed by atoms with van der Waals surface area (Å²) in [7, 11) is 0. The van der Waals surface area contributed by atoms with Gasteiger partial charge >= 0.3 is 0 Å². The molecule has 0 radical (unpaired) electrons. The highest BCUT2D eigenvalue weighted by Crippen LogP contribution is 2.45. The fourth-order valence-electron chi connectivity index (χ4n) is 1.99. The lowest BCUT2D eigenvalue weighted by Crippen LogP contribution is -2.43. The number of halogens is 1. The molecule has 2 atom stereocenters. The molecule has 1 aromatic carbocycles. The normalized spacial score (nSPS) is 20.0. The third kappa shape index (κ3) is 2.53. The zero-order chi connectivity index (χ0) is 13.3. The second kappa shape index (κ2) is 4.69. The smallest absolute Gasteiger partial charge is 0.225 e. The van der Waals surface area contributed by atoms with Crippen molar-refractivity contribution in [3.05, 3.63) is 35.6 Å². The highest BCUT2D eigenvalue weighted by molar-refractivity contribution is 5.80. The molecule has 0 bridgehead atoms. The summed E-state index contributed by atoms with van der Waals surface area (Å²) in [5, 5.41) is 3.01. The van der Waals surface area contributed by atoms with E-state index in [-0.39, 0.29) is 29.2 Å². The maximum absolute atomic E-state index is 13.2. The van der Waals surface area contributed by atoms with Crippen LogP contribution in [0.15, 0.2) is 24.3 Å². The Morgan fingerprint density at radius 3 is 2.61 bits per heavy atom. The molecule has 1 aliphatic carbocycles. The van der Waals surface area contributed by atoms with E-state index in [0.717, 1.165) is 18.4 Å². The van der Waals surface area contributed by atoms with Crippen molar-refractivity contribution in [1.29, 1.82) is 0 Å². The van der Waals surface area contributed by atoms with Crippen LogP contribution >= 0.6 is 0 Å². The summed E-state index contributed by atoms with van der Waals surface area (Å²) in [6.07, 6.45) is 1.71. The van der Waals surface area contributed by atoms with E-state index in [0.29, 0.717) is 0 Å². The first-order valence-corrected chi connectivity index (χ1v) is 6.28. The van der Waals surface area contributed by atoms with Crippen LogP contribution in [0.3, 0.4) is 0 Å². The van der Waals surface area contributed by atoms with E-state index in [1.54, 1.807) is 6.07 Å². The average Bonchev–Trinajstić information content (AvgIpc) is 3.09. The predicted molar refractivity (Wildman–Crippen MR) is 68.3 cm³/mol. The molecule has 4 heteroatoms. The third-order valence-electron chi connectivity index (χ3n) is 3.69. The van der Waals surface area contributed by atoms with Gasteiger partial charge in [-0.25, -0.2) is 4.39 Å². The Morgan fingerprint density at radius 1 is 1.44 bits per heavy atom. The van der Waals surface area contributed by atoms with E-state index < -0.39 is 0 Å². The second-order valence-corrected chi connectivity index (χ2v) is 5.23. The maximum atomic E-state index is 13.2. The predicted octanol–water partition coefficient (Wildman–Crippen LogP) is 1.91. The van der Waals surface area contributed by atoms with Crippen molar-refractivity contribution in [2.45, 2.75) is 38.3 Å². The van der Waals surface area contributed by atoms with Gasteiger partial charge in [0.05, 0.1) is 5.54 Å². The van der Waals surface area contributed by atoms with Gasteiger partial charge in [0.15, 0.2) is 0 Å². The molecular weight excluding hydrogens is 231 g/mol. The van der Waals surface area contributed by atoms with E-state index in [1.165, 1.54) is 12.1 Å². The van der Waals surface area contributed by atoms with Crippen molar-refractivity contribution in [2.75, 3.05) is 0 Å². The summed E-state index contributed by atoms with van der Waals surface area (Å²) in [5.41, 5.74) is 6.19. The summed E-state index contributed by atoms with van der Waals surface area (Å²) >= 11 is 0. The summed E-state index contributed by atoms with van der Waals surface area (Å²) in [6.45, 7) is 3.62. The molecule has 1 fully saturated rings. The van der Waals surface area contributed by atoms with Crippen LogP contribution in [0.2, 0.25) is 0 Å². The van der Waals surface area contributed by atoms with E-state index in [4.69, 9.17) is 5.73 Å². The fraction of sp³-hybridized carbons (Fsp3) is 0.500. The van der Waals surface area contributed by atoms with Crippen molar-refractivity contribution < 1.29 is 9.18 Å². The van der Waals surface area contributed by atoms with Crippen LogP contribution in [0, 0.1) is 11.7 Å². The number of hydrogen-bond donors (Lipinski definition) is 2. The van der Waals surface area contributed by atoms with Crippen molar-refractivity contribution >= 4 is 5.91 Å². The minimum atomic E-state index is -0.373. The van der Waals surface area contributed by atoms with E-state index >= 15 is 0 Å². The second-order valence-electron chi connectivity index (χ2n) is 5.23. The van der Waals surface area contributed by atoms with Crippen LogP contribution in [-0.2, 0) is 10.3 Å². The van der Waals surface area contributed by atoms with Crippen molar-refractivity contribution in [3.8, 4) is 0 Å². The van der Waals surface area contributed by atoms with Crippen LogP contribution in [0.4, 0.5) is 4.39 Å². The Hall–Kier alpha value is -1.42. The lowest BCUT2D eigenvalue weighted by atomic mass is 10.00. The van der Waals surface area contributed by atoms with Gasteiger partial charge in [0.25, 0.3) is 0 Å². The van der Waals surface area contributed by atoms with E-state index in [9.17, 15) is 9.18 Å². The molecule has 2 unspecified atom stereocenters. The van der Waals surface area contributed by atoms with Crippen LogP contribution in [0.5, 0.6) is 0 Å². The Morgan fingerprint density at radius 2 is 2.11 bits per heavy atom. The summed E-state index contributed by atoms with van der Waals surface area (Å²) in [6, 6.07) is 6.24. The molecule has 3 N–H and O–H groups in total. The number of benzene rings is 1. The summed E-state index contributed by atoms with van der Waals surface area (Å²) < 4.78 is 13.2. The minimum absolute atomic E-state index is 0.0632. The number of nitrogens with one attached hydrogen (secondary N) is 1. The number of carbonyl (C=O) groups is 1. The SMILES string of the molecule is CC(N)C(C)C(=O)NC1(c2cccc(F)c2)CC1. The van der Waals surface area contributed by atoms with E-state index in [1.807, 2.05) is 19.9 Å². The Bertz CT molecular complexity index is 455. The number of amides is 1. The third-order valence-corrected chi connectivity index (χ3v) is 3.69. The largest absolute Gasteiger partial charge is 0.346 e. The van der Waals surface area contributed by atoms with Gasteiger partial charge in [-0.15, -0.1) is 0 Å². The van der Waals surface area contributed by atoms with Gasteiger partial charge in [0, 0.05) is 12.0 Å². The quantitative estimate of drug-likeness (QED) is 0.857. The van der Waals surface area contributed by atoms with Gasteiger partial charge in [0.2, 0.25) is 5.91 Å². The van der Waals surface area contributed by atoms with Gasteiger partial charge in [0.1, 0.15) is 5.82 Å². The molecule has 2 rings (SSSR count). The van der Waals surface area contributed by atoms with Crippen LogP contribution < -0.4 is 11.1 Å². The van der Waals surface area contributed by atoms with Crippen molar-refractivity contribution in [3.63, 3.8) is 0 Å². The molecule has 1 aliphatic rings. The zero-order valence-corrected chi connectivity index (χ0v) is 10.7. The first-order valence-electron chi connectivity index (χ1n) is 6.28. The topological polar surface area (TPSA) is 55.1 Å². The number of rotatable bonds is 4. The van der Waals surface area contributed by atoms with Gasteiger partial charge in [-0.2, -0.15) is 0 Å². The molecule has 1 saturated carbocycles. The number of hydrogen-bond acceptors (Lipinski definition) is 2. The monoisotopic (exact) mass is 250 g/mol. The van der Waals surface area contributed by atoms with Gasteiger partial charge < -0.3 is 11.1 Å². The number of carbonyl (C=O) groups excluding carboxylic acids is 1. The Balaban J connectivity index is 2.11. The maximum Gasteiger partial charge on any atom is 0.225 e. The molecule has 0 heterocycles. The van der Waals surface area contributed by atoms with Crippen molar-refractivity contribution in [2.24, 2.45) is 11.7 Å². The zero-order valence-electron chi connectivity index (χ0n) is 10.7. The van der Waals surface area contributed by atoms with Crippen LogP contribution in [0.25, 0.3) is 0 Å². The summed E-state index contributed by atoms with van der Waals surface area (Å²) in [5.74, 6) is -0.573. The lowest BCUT2D eigenvalue weighted by Gasteiger charge is -2.22. The molecule has 0 aromatic heterocycles. The highest BCUT2D eigenvalue weighted by atomic mass is 19.1. The van der Waals surface area contributed by atoms with Crippen LogP contribution in [0.1, 0.15) is 32.3 Å². The Kier molecular flexibility index (Phi) is 3.39. The summed E-state index contributed by atoms with van der Waals surface area (Å²) in [4.78, 5) is 12.0. The molecule has 0 saturated heterocycles. The molecule has 1 amide bonds. The molecular formula is C14H19FN2O. The molecule has 3 nitrogen and oxygen atoms in total. The fourth-order valence-corrected chi connectivity index (χ4v) is 1.99. The molecule has 98 valence electrons. The van der Waals surface area contributed by atoms with Gasteiger partial charge in [-0.05, 0) is 37.5 Å². The molecule has 18 heavy (non-hydrogen) atoms. The lowest BCUT2D eigenvalue weighted by molar-refractivity contribution is -0.126. The van der Waals surface area contributed by atoms with Gasteiger partial charge in [-0.1, -0.05) is 19.1 Å².